The second-order valence-corrected chi connectivity index (χ2v) is 7.26. The van der Waals surface area contributed by atoms with Gasteiger partial charge in [0.25, 0.3) is 0 Å². The summed E-state index contributed by atoms with van der Waals surface area (Å²) < 4.78 is 0. The van der Waals surface area contributed by atoms with E-state index in [-0.39, 0.29) is 17.7 Å². The molecule has 1 fully saturated rings. The van der Waals surface area contributed by atoms with E-state index in [1.165, 1.54) is 43.4 Å². The SMILES string of the molecule is CCCCCC(CCC)CN(C)CCCN1C(=O)CC(C)C1=O. The third-order valence-corrected chi connectivity index (χ3v) is 4.87. The minimum Gasteiger partial charge on any atom is -0.306 e. The van der Waals surface area contributed by atoms with E-state index >= 15 is 0 Å². The summed E-state index contributed by atoms with van der Waals surface area (Å²) in [6.45, 7) is 9.04. The van der Waals surface area contributed by atoms with Gasteiger partial charge in [-0.1, -0.05) is 46.5 Å². The fraction of sp³-hybridized carbons (Fsp3) is 0.895. The Balaban J connectivity index is 2.27. The number of carbonyl (C=O) groups is 2. The average Bonchev–Trinajstić information content (AvgIpc) is 2.74. The standard InChI is InChI=1S/C19H36N2O2/c1-5-7-8-11-17(10-6-2)15-20(4)12-9-13-21-18(22)14-16(3)19(21)23/h16-17H,5-15H2,1-4H3. The highest BCUT2D eigenvalue weighted by Gasteiger charge is 2.34. The average molecular weight is 325 g/mol. The minimum absolute atomic E-state index is 0.00794. The molecule has 0 N–H and O–H groups in total. The van der Waals surface area contributed by atoms with Crippen molar-refractivity contribution in [3.8, 4) is 0 Å². The molecule has 1 aliphatic rings. The van der Waals surface area contributed by atoms with Crippen molar-refractivity contribution >= 4 is 11.8 Å². The van der Waals surface area contributed by atoms with E-state index in [4.69, 9.17) is 0 Å². The lowest BCUT2D eigenvalue weighted by Crippen LogP contribution is -2.34. The van der Waals surface area contributed by atoms with Crippen molar-refractivity contribution in [2.45, 2.75) is 72.1 Å². The summed E-state index contributed by atoms with van der Waals surface area (Å²) in [5, 5.41) is 0. The number of rotatable bonds is 12. The van der Waals surface area contributed by atoms with Crippen molar-refractivity contribution in [1.29, 1.82) is 0 Å². The third kappa shape index (κ3) is 7.03. The van der Waals surface area contributed by atoms with E-state index in [1.54, 1.807) is 0 Å². The first kappa shape index (κ1) is 20.1. The van der Waals surface area contributed by atoms with Gasteiger partial charge in [0.15, 0.2) is 0 Å². The van der Waals surface area contributed by atoms with Crippen molar-refractivity contribution in [1.82, 2.24) is 9.80 Å². The second-order valence-electron chi connectivity index (χ2n) is 7.26. The van der Waals surface area contributed by atoms with E-state index in [0.29, 0.717) is 13.0 Å². The van der Waals surface area contributed by atoms with Crippen molar-refractivity contribution in [3.05, 3.63) is 0 Å². The highest BCUT2D eigenvalue weighted by Crippen LogP contribution is 2.19. The Hall–Kier alpha value is -0.900. The minimum atomic E-state index is -0.118. The molecule has 4 heteroatoms. The molecule has 134 valence electrons. The molecule has 1 saturated heterocycles. The van der Waals surface area contributed by atoms with E-state index in [1.807, 2.05) is 6.92 Å². The van der Waals surface area contributed by atoms with Gasteiger partial charge in [-0.2, -0.15) is 0 Å². The Morgan fingerprint density at radius 3 is 2.43 bits per heavy atom. The van der Waals surface area contributed by atoms with Crippen LogP contribution in [0.1, 0.15) is 72.1 Å². The van der Waals surface area contributed by atoms with Crippen LogP contribution in [0.25, 0.3) is 0 Å². The number of amides is 2. The molecule has 0 aromatic heterocycles. The summed E-state index contributed by atoms with van der Waals surface area (Å²) in [5.41, 5.74) is 0. The molecule has 0 spiro atoms. The van der Waals surface area contributed by atoms with Crippen LogP contribution in [0.5, 0.6) is 0 Å². The molecule has 1 heterocycles. The predicted octanol–water partition coefficient (Wildman–Crippen LogP) is 3.70. The fourth-order valence-electron chi connectivity index (χ4n) is 3.53. The number of nitrogens with zero attached hydrogens (tertiary/aromatic N) is 2. The van der Waals surface area contributed by atoms with Crippen LogP contribution in [0.15, 0.2) is 0 Å². The predicted molar refractivity (Wildman–Crippen MR) is 95.2 cm³/mol. The molecule has 2 amide bonds. The van der Waals surface area contributed by atoms with Gasteiger partial charge in [-0.05, 0) is 38.8 Å². The molecular formula is C19H36N2O2. The smallest absolute Gasteiger partial charge is 0.232 e. The topological polar surface area (TPSA) is 40.6 Å². The Morgan fingerprint density at radius 1 is 1.13 bits per heavy atom. The number of carbonyl (C=O) groups excluding carboxylic acids is 2. The third-order valence-electron chi connectivity index (χ3n) is 4.87. The van der Waals surface area contributed by atoms with Crippen LogP contribution >= 0.6 is 0 Å². The highest BCUT2D eigenvalue weighted by molar-refractivity contribution is 6.03. The van der Waals surface area contributed by atoms with Gasteiger partial charge in [0, 0.05) is 25.4 Å². The molecule has 2 unspecified atom stereocenters. The second kappa shape index (κ2) is 10.8. The van der Waals surface area contributed by atoms with Crippen LogP contribution in [-0.2, 0) is 9.59 Å². The lowest BCUT2D eigenvalue weighted by Gasteiger charge is -2.24. The van der Waals surface area contributed by atoms with Crippen molar-refractivity contribution < 1.29 is 9.59 Å². The van der Waals surface area contributed by atoms with Crippen molar-refractivity contribution in [2.75, 3.05) is 26.7 Å². The maximum atomic E-state index is 11.9. The Labute approximate surface area is 142 Å². The molecule has 0 bridgehead atoms. The normalized spacial score (nSPS) is 19.9. The van der Waals surface area contributed by atoms with Gasteiger partial charge in [-0.3, -0.25) is 14.5 Å². The molecule has 2 atom stereocenters. The van der Waals surface area contributed by atoms with E-state index < -0.39 is 0 Å². The quantitative estimate of drug-likeness (QED) is 0.406. The molecule has 0 aliphatic carbocycles. The van der Waals surface area contributed by atoms with Gasteiger partial charge in [-0.15, -0.1) is 0 Å². The van der Waals surface area contributed by atoms with Crippen LogP contribution in [0.3, 0.4) is 0 Å². The van der Waals surface area contributed by atoms with Crippen molar-refractivity contribution in [2.24, 2.45) is 11.8 Å². The highest BCUT2D eigenvalue weighted by atomic mass is 16.2. The summed E-state index contributed by atoms with van der Waals surface area (Å²) in [6, 6.07) is 0. The molecule has 1 aliphatic heterocycles. The van der Waals surface area contributed by atoms with Crippen LogP contribution in [0, 0.1) is 11.8 Å². The van der Waals surface area contributed by atoms with Gasteiger partial charge in [-0.25, -0.2) is 0 Å². The summed E-state index contributed by atoms with van der Waals surface area (Å²) in [7, 11) is 2.17. The van der Waals surface area contributed by atoms with Gasteiger partial charge in [0.2, 0.25) is 11.8 Å². The van der Waals surface area contributed by atoms with E-state index in [2.05, 4.69) is 25.8 Å². The Morgan fingerprint density at radius 2 is 1.87 bits per heavy atom. The molecule has 1 rings (SSSR count). The Bertz CT molecular complexity index is 370. The first-order chi connectivity index (χ1) is 11.0. The van der Waals surface area contributed by atoms with Crippen LogP contribution in [0.2, 0.25) is 0 Å². The number of unbranched alkanes of at least 4 members (excludes halogenated alkanes) is 2. The molecule has 0 radical (unpaired) electrons. The van der Waals surface area contributed by atoms with Gasteiger partial charge >= 0.3 is 0 Å². The number of imide groups is 1. The van der Waals surface area contributed by atoms with Crippen LogP contribution in [0.4, 0.5) is 0 Å². The fourth-order valence-corrected chi connectivity index (χ4v) is 3.53. The van der Waals surface area contributed by atoms with Crippen LogP contribution in [-0.4, -0.2) is 48.3 Å². The lowest BCUT2D eigenvalue weighted by atomic mass is 9.96. The Kier molecular flexibility index (Phi) is 9.46. The summed E-state index contributed by atoms with van der Waals surface area (Å²) >= 11 is 0. The molecule has 0 saturated carbocycles. The van der Waals surface area contributed by atoms with Crippen LogP contribution < -0.4 is 0 Å². The largest absolute Gasteiger partial charge is 0.306 e. The maximum Gasteiger partial charge on any atom is 0.232 e. The first-order valence-electron chi connectivity index (χ1n) is 9.52. The summed E-state index contributed by atoms with van der Waals surface area (Å²) in [6.07, 6.45) is 9.11. The zero-order valence-electron chi connectivity index (χ0n) is 15.6. The molecule has 0 aromatic rings. The van der Waals surface area contributed by atoms with Gasteiger partial charge < -0.3 is 4.90 Å². The number of hydrogen-bond donors (Lipinski definition) is 0. The maximum absolute atomic E-state index is 11.9. The number of hydrogen-bond acceptors (Lipinski definition) is 3. The lowest BCUT2D eigenvalue weighted by molar-refractivity contribution is -0.139. The van der Waals surface area contributed by atoms with E-state index in [0.717, 1.165) is 25.4 Å². The summed E-state index contributed by atoms with van der Waals surface area (Å²) in [4.78, 5) is 27.5. The van der Waals surface area contributed by atoms with E-state index in [9.17, 15) is 9.59 Å². The molecule has 23 heavy (non-hydrogen) atoms. The first-order valence-corrected chi connectivity index (χ1v) is 9.52. The molecule has 4 nitrogen and oxygen atoms in total. The zero-order valence-corrected chi connectivity index (χ0v) is 15.6. The molecule has 0 aromatic carbocycles. The van der Waals surface area contributed by atoms with Crippen molar-refractivity contribution in [3.63, 3.8) is 0 Å². The molecular weight excluding hydrogens is 288 g/mol. The zero-order chi connectivity index (χ0) is 17.2. The van der Waals surface area contributed by atoms with Gasteiger partial charge in [0.1, 0.15) is 0 Å². The summed E-state index contributed by atoms with van der Waals surface area (Å²) in [5.74, 6) is 0.689. The van der Waals surface area contributed by atoms with Gasteiger partial charge in [0.05, 0.1) is 0 Å². The number of likely N-dealkylation sites (tertiary alicyclic amines) is 1. The monoisotopic (exact) mass is 324 g/mol.